The SMILES string of the molecule is CCC(C)Cn1nnnc1-c1cc(N)ccc1F. The van der Waals surface area contributed by atoms with Gasteiger partial charge in [0, 0.05) is 12.2 Å². The number of anilines is 1. The van der Waals surface area contributed by atoms with Crippen LogP contribution in [0.1, 0.15) is 20.3 Å². The highest BCUT2D eigenvalue weighted by atomic mass is 19.1. The number of hydrogen-bond donors (Lipinski definition) is 1. The smallest absolute Gasteiger partial charge is 0.185 e. The molecule has 1 atom stereocenters. The van der Waals surface area contributed by atoms with E-state index in [1.54, 1.807) is 10.7 Å². The summed E-state index contributed by atoms with van der Waals surface area (Å²) in [6, 6.07) is 4.39. The van der Waals surface area contributed by atoms with Gasteiger partial charge in [0.2, 0.25) is 0 Å². The second kappa shape index (κ2) is 5.12. The molecule has 96 valence electrons. The van der Waals surface area contributed by atoms with Crippen molar-refractivity contribution in [3.63, 3.8) is 0 Å². The van der Waals surface area contributed by atoms with Gasteiger partial charge in [-0.3, -0.25) is 0 Å². The third-order valence-corrected chi connectivity index (χ3v) is 2.94. The molecule has 0 saturated heterocycles. The van der Waals surface area contributed by atoms with E-state index in [0.717, 1.165) is 6.42 Å². The maximum Gasteiger partial charge on any atom is 0.185 e. The van der Waals surface area contributed by atoms with Gasteiger partial charge in [-0.25, -0.2) is 9.07 Å². The number of nitrogen functional groups attached to an aromatic ring is 1. The van der Waals surface area contributed by atoms with Crippen LogP contribution >= 0.6 is 0 Å². The number of rotatable bonds is 4. The van der Waals surface area contributed by atoms with Crippen molar-refractivity contribution >= 4 is 5.69 Å². The molecule has 0 saturated carbocycles. The van der Waals surface area contributed by atoms with Crippen molar-refractivity contribution in [3.05, 3.63) is 24.0 Å². The highest BCUT2D eigenvalue weighted by Crippen LogP contribution is 2.23. The number of nitrogens with two attached hydrogens (primary N) is 1. The van der Waals surface area contributed by atoms with Gasteiger partial charge < -0.3 is 5.73 Å². The summed E-state index contributed by atoms with van der Waals surface area (Å²) in [6.45, 7) is 4.85. The molecule has 0 bridgehead atoms. The first-order valence-corrected chi connectivity index (χ1v) is 5.93. The minimum atomic E-state index is -0.371. The van der Waals surface area contributed by atoms with Crippen LogP contribution in [-0.4, -0.2) is 20.2 Å². The standard InChI is InChI=1S/C12H16FN5/c1-3-8(2)7-18-12(15-16-17-18)10-6-9(14)4-5-11(10)13/h4-6,8H,3,7,14H2,1-2H3. The van der Waals surface area contributed by atoms with Crippen LogP contribution in [0.2, 0.25) is 0 Å². The number of nitrogens with zero attached hydrogens (tertiary/aromatic N) is 4. The maximum absolute atomic E-state index is 13.8. The molecule has 5 nitrogen and oxygen atoms in total. The molecule has 1 aromatic heterocycles. The van der Waals surface area contributed by atoms with E-state index < -0.39 is 0 Å². The van der Waals surface area contributed by atoms with Gasteiger partial charge in [0.1, 0.15) is 5.82 Å². The molecule has 0 aliphatic rings. The highest BCUT2D eigenvalue weighted by Gasteiger charge is 2.15. The van der Waals surface area contributed by atoms with Gasteiger partial charge >= 0.3 is 0 Å². The van der Waals surface area contributed by atoms with Crippen molar-refractivity contribution in [2.24, 2.45) is 5.92 Å². The minimum absolute atomic E-state index is 0.336. The summed E-state index contributed by atoms with van der Waals surface area (Å²) in [5.41, 5.74) is 6.49. The minimum Gasteiger partial charge on any atom is -0.399 e. The van der Waals surface area contributed by atoms with E-state index in [1.165, 1.54) is 12.1 Å². The van der Waals surface area contributed by atoms with E-state index in [4.69, 9.17) is 5.73 Å². The first-order valence-electron chi connectivity index (χ1n) is 5.93. The molecule has 2 aromatic rings. The summed E-state index contributed by atoms with van der Waals surface area (Å²) in [5, 5.41) is 11.4. The predicted octanol–water partition coefficient (Wildman–Crippen LogP) is 2.11. The molecule has 2 rings (SSSR count). The molecule has 0 aliphatic carbocycles. The van der Waals surface area contributed by atoms with Crippen LogP contribution < -0.4 is 5.73 Å². The number of hydrogen-bond acceptors (Lipinski definition) is 4. The Labute approximate surface area is 105 Å². The Morgan fingerprint density at radius 3 is 2.94 bits per heavy atom. The average molecular weight is 249 g/mol. The van der Waals surface area contributed by atoms with Crippen molar-refractivity contribution < 1.29 is 4.39 Å². The Bertz CT molecular complexity index is 537. The molecule has 1 unspecified atom stereocenters. The summed E-state index contributed by atoms with van der Waals surface area (Å²) in [7, 11) is 0. The lowest BCUT2D eigenvalue weighted by Crippen LogP contribution is -2.10. The van der Waals surface area contributed by atoms with Crippen molar-refractivity contribution in [1.82, 2.24) is 20.2 Å². The summed E-state index contributed by atoms with van der Waals surface area (Å²) in [5.74, 6) is 0.473. The fourth-order valence-electron chi connectivity index (χ4n) is 1.66. The molecule has 0 amide bonds. The quantitative estimate of drug-likeness (QED) is 0.842. The third-order valence-electron chi connectivity index (χ3n) is 2.94. The lowest BCUT2D eigenvalue weighted by Gasteiger charge is -2.10. The van der Waals surface area contributed by atoms with Gasteiger partial charge in [-0.15, -0.1) is 5.10 Å². The van der Waals surface area contributed by atoms with Gasteiger partial charge in [0.25, 0.3) is 0 Å². The average Bonchev–Trinajstić information content (AvgIpc) is 2.80. The van der Waals surface area contributed by atoms with E-state index in [0.29, 0.717) is 29.5 Å². The predicted molar refractivity (Wildman–Crippen MR) is 67.1 cm³/mol. The molecule has 0 spiro atoms. The zero-order chi connectivity index (χ0) is 13.1. The molecule has 1 aromatic carbocycles. The number of tetrazole rings is 1. The summed E-state index contributed by atoms with van der Waals surface area (Å²) in [6.07, 6.45) is 1.01. The largest absolute Gasteiger partial charge is 0.399 e. The van der Waals surface area contributed by atoms with Crippen molar-refractivity contribution in [2.45, 2.75) is 26.8 Å². The summed E-state index contributed by atoms with van der Waals surface area (Å²) < 4.78 is 15.4. The first-order chi connectivity index (χ1) is 8.61. The number of aromatic nitrogens is 4. The molecular formula is C12H16FN5. The zero-order valence-corrected chi connectivity index (χ0v) is 10.5. The second-order valence-corrected chi connectivity index (χ2v) is 4.44. The third kappa shape index (κ3) is 2.47. The fraction of sp³-hybridized carbons (Fsp3) is 0.417. The van der Waals surface area contributed by atoms with Gasteiger partial charge in [-0.2, -0.15) is 0 Å². The van der Waals surface area contributed by atoms with Crippen molar-refractivity contribution in [2.75, 3.05) is 5.73 Å². The van der Waals surface area contributed by atoms with Gasteiger partial charge in [-0.05, 0) is 34.5 Å². The highest BCUT2D eigenvalue weighted by molar-refractivity contribution is 5.61. The number of benzene rings is 1. The zero-order valence-electron chi connectivity index (χ0n) is 10.5. The van der Waals surface area contributed by atoms with E-state index in [9.17, 15) is 4.39 Å². The lowest BCUT2D eigenvalue weighted by molar-refractivity contribution is 0.433. The topological polar surface area (TPSA) is 69.6 Å². The van der Waals surface area contributed by atoms with Crippen LogP contribution in [0.5, 0.6) is 0 Å². The van der Waals surface area contributed by atoms with Gasteiger partial charge in [0.15, 0.2) is 5.82 Å². The molecule has 2 N–H and O–H groups in total. The second-order valence-electron chi connectivity index (χ2n) is 4.44. The molecule has 0 fully saturated rings. The fourth-order valence-corrected chi connectivity index (χ4v) is 1.66. The Hall–Kier alpha value is -1.98. The summed E-state index contributed by atoms with van der Waals surface area (Å²) >= 11 is 0. The van der Waals surface area contributed by atoms with Crippen LogP contribution in [0.25, 0.3) is 11.4 Å². The van der Waals surface area contributed by atoms with Gasteiger partial charge in [0.05, 0.1) is 5.56 Å². The van der Waals surface area contributed by atoms with E-state index in [2.05, 4.69) is 29.4 Å². The molecule has 6 heteroatoms. The molecule has 0 radical (unpaired) electrons. The molecule has 18 heavy (non-hydrogen) atoms. The normalized spacial score (nSPS) is 12.6. The van der Waals surface area contributed by atoms with Crippen LogP contribution in [0, 0.1) is 11.7 Å². The Morgan fingerprint density at radius 2 is 2.22 bits per heavy atom. The van der Waals surface area contributed by atoms with Crippen LogP contribution in [-0.2, 0) is 6.54 Å². The van der Waals surface area contributed by atoms with E-state index in [1.807, 2.05) is 0 Å². The maximum atomic E-state index is 13.8. The van der Waals surface area contributed by atoms with Crippen LogP contribution in [0.4, 0.5) is 10.1 Å². The Kier molecular flexibility index (Phi) is 3.55. The first kappa shape index (κ1) is 12.5. The lowest BCUT2D eigenvalue weighted by atomic mass is 10.1. The molecule has 0 aliphatic heterocycles. The Morgan fingerprint density at radius 1 is 1.44 bits per heavy atom. The van der Waals surface area contributed by atoms with E-state index in [-0.39, 0.29) is 5.82 Å². The monoisotopic (exact) mass is 249 g/mol. The van der Waals surface area contributed by atoms with Crippen molar-refractivity contribution in [3.8, 4) is 11.4 Å². The van der Waals surface area contributed by atoms with Gasteiger partial charge in [-0.1, -0.05) is 20.3 Å². The molecule has 1 heterocycles. The summed E-state index contributed by atoms with van der Waals surface area (Å²) in [4.78, 5) is 0. The van der Waals surface area contributed by atoms with Crippen LogP contribution in [0.3, 0.4) is 0 Å². The Balaban J connectivity index is 2.39. The molecular weight excluding hydrogens is 233 g/mol. The van der Waals surface area contributed by atoms with Crippen LogP contribution in [0.15, 0.2) is 18.2 Å². The van der Waals surface area contributed by atoms with Crippen molar-refractivity contribution in [1.29, 1.82) is 0 Å². The number of halogens is 1. The van der Waals surface area contributed by atoms with E-state index >= 15 is 0 Å².